The fourth-order valence-corrected chi connectivity index (χ4v) is 2.78. The lowest BCUT2D eigenvalue weighted by Crippen LogP contribution is -2.14. The molecule has 5 heteroatoms. The van der Waals surface area contributed by atoms with Crippen LogP contribution in [-0.4, -0.2) is 7.11 Å². The summed E-state index contributed by atoms with van der Waals surface area (Å²) in [6.07, 6.45) is 0. The van der Waals surface area contributed by atoms with Crippen LogP contribution < -0.4 is 10.5 Å². The van der Waals surface area contributed by atoms with Crippen molar-refractivity contribution >= 4 is 27.5 Å². The molecule has 0 aliphatic heterocycles. The Balaban J connectivity index is 2.47. The van der Waals surface area contributed by atoms with Crippen molar-refractivity contribution in [3.05, 3.63) is 62.8 Å². The Morgan fingerprint density at radius 3 is 2.63 bits per heavy atom. The van der Waals surface area contributed by atoms with Crippen molar-refractivity contribution in [1.29, 1.82) is 0 Å². The van der Waals surface area contributed by atoms with Crippen molar-refractivity contribution in [1.82, 2.24) is 0 Å². The summed E-state index contributed by atoms with van der Waals surface area (Å²) in [5.41, 5.74) is 7.26. The molecule has 100 valence electrons. The molecule has 0 heterocycles. The van der Waals surface area contributed by atoms with Gasteiger partial charge in [0.1, 0.15) is 0 Å². The Labute approximate surface area is 124 Å². The van der Waals surface area contributed by atoms with Crippen LogP contribution in [0.25, 0.3) is 0 Å². The molecule has 2 nitrogen and oxygen atoms in total. The average Bonchev–Trinajstić information content (AvgIpc) is 2.38. The second-order valence-electron chi connectivity index (χ2n) is 4.01. The third kappa shape index (κ3) is 2.91. The highest BCUT2D eigenvalue weighted by Gasteiger charge is 2.18. The maximum Gasteiger partial charge on any atom is 0.170 e. The van der Waals surface area contributed by atoms with Gasteiger partial charge in [-0.1, -0.05) is 45.7 Å². The molecule has 0 aliphatic carbocycles. The SMILES string of the molecule is COc1cccc(C(N)c2ccc(Cl)cc2Br)c1F. The second-order valence-corrected chi connectivity index (χ2v) is 5.30. The number of ether oxygens (including phenoxy) is 1. The third-order valence-corrected chi connectivity index (χ3v) is 3.77. The number of halogens is 3. The largest absolute Gasteiger partial charge is 0.494 e. The van der Waals surface area contributed by atoms with Gasteiger partial charge in [0, 0.05) is 15.1 Å². The molecule has 0 fully saturated rings. The quantitative estimate of drug-likeness (QED) is 0.901. The maximum absolute atomic E-state index is 14.2. The van der Waals surface area contributed by atoms with Gasteiger partial charge in [-0.2, -0.15) is 0 Å². The highest BCUT2D eigenvalue weighted by molar-refractivity contribution is 9.10. The number of methoxy groups -OCH3 is 1. The number of hydrogen-bond acceptors (Lipinski definition) is 2. The summed E-state index contributed by atoms with van der Waals surface area (Å²) in [6.45, 7) is 0. The fourth-order valence-electron chi connectivity index (χ4n) is 1.85. The van der Waals surface area contributed by atoms with Gasteiger partial charge in [0.05, 0.1) is 13.2 Å². The van der Waals surface area contributed by atoms with Crippen molar-refractivity contribution in [2.75, 3.05) is 7.11 Å². The molecule has 1 atom stereocenters. The molecule has 0 aromatic heterocycles. The maximum atomic E-state index is 14.2. The summed E-state index contributed by atoms with van der Waals surface area (Å²) in [4.78, 5) is 0. The minimum atomic E-state index is -0.596. The fraction of sp³-hybridized carbons (Fsp3) is 0.143. The van der Waals surface area contributed by atoms with Crippen molar-refractivity contribution in [2.24, 2.45) is 5.73 Å². The Kier molecular flexibility index (Phi) is 4.45. The first-order chi connectivity index (χ1) is 9.04. The van der Waals surface area contributed by atoms with Crippen LogP contribution in [-0.2, 0) is 0 Å². The van der Waals surface area contributed by atoms with Crippen LogP contribution in [0, 0.1) is 5.82 Å². The zero-order valence-electron chi connectivity index (χ0n) is 10.2. The Hall–Kier alpha value is -1.10. The van der Waals surface area contributed by atoms with Crippen LogP contribution in [0.4, 0.5) is 4.39 Å². The van der Waals surface area contributed by atoms with Gasteiger partial charge in [-0.25, -0.2) is 4.39 Å². The first-order valence-corrected chi connectivity index (χ1v) is 6.74. The van der Waals surface area contributed by atoms with Crippen molar-refractivity contribution in [3.63, 3.8) is 0 Å². The minimum Gasteiger partial charge on any atom is -0.494 e. The zero-order valence-corrected chi connectivity index (χ0v) is 12.5. The van der Waals surface area contributed by atoms with Crippen molar-refractivity contribution < 1.29 is 9.13 Å². The van der Waals surface area contributed by atoms with Gasteiger partial charge in [0.2, 0.25) is 0 Å². The molecule has 0 aliphatic rings. The lowest BCUT2D eigenvalue weighted by molar-refractivity contribution is 0.383. The number of rotatable bonds is 3. The smallest absolute Gasteiger partial charge is 0.170 e. The normalized spacial score (nSPS) is 12.3. The van der Waals surface area contributed by atoms with E-state index in [0.29, 0.717) is 10.6 Å². The first kappa shape index (κ1) is 14.3. The molecule has 1 unspecified atom stereocenters. The molecule has 2 aromatic rings. The van der Waals surface area contributed by atoms with Crippen LogP contribution in [0.15, 0.2) is 40.9 Å². The predicted octanol–water partition coefficient (Wildman–Crippen LogP) is 4.30. The second kappa shape index (κ2) is 5.90. The lowest BCUT2D eigenvalue weighted by atomic mass is 9.99. The van der Waals surface area contributed by atoms with Crippen LogP contribution in [0.5, 0.6) is 5.75 Å². The molecular formula is C14H12BrClFNO. The third-order valence-electron chi connectivity index (χ3n) is 2.85. The topological polar surface area (TPSA) is 35.2 Å². The van der Waals surface area contributed by atoms with E-state index in [9.17, 15) is 4.39 Å². The Morgan fingerprint density at radius 1 is 1.26 bits per heavy atom. The van der Waals surface area contributed by atoms with E-state index < -0.39 is 11.9 Å². The summed E-state index contributed by atoms with van der Waals surface area (Å²) >= 11 is 9.27. The summed E-state index contributed by atoms with van der Waals surface area (Å²) in [7, 11) is 1.42. The standard InChI is InChI=1S/C14H12BrClFNO/c1-19-12-4-2-3-10(13(12)17)14(18)9-6-5-8(16)7-11(9)15/h2-7,14H,18H2,1H3. The average molecular weight is 345 g/mol. The van der Waals surface area contributed by atoms with Crippen LogP contribution >= 0.6 is 27.5 Å². The van der Waals surface area contributed by atoms with Gasteiger partial charge in [-0.15, -0.1) is 0 Å². The van der Waals surface area contributed by atoms with E-state index in [4.69, 9.17) is 22.1 Å². The van der Waals surface area contributed by atoms with E-state index in [1.807, 2.05) is 0 Å². The molecule has 19 heavy (non-hydrogen) atoms. The number of hydrogen-bond donors (Lipinski definition) is 1. The highest BCUT2D eigenvalue weighted by atomic mass is 79.9. The highest BCUT2D eigenvalue weighted by Crippen LogP contribution is 2.32. The number of benzene rings is 2. The van der Waals surface area contributed by atoms with Crippen LogP contribution in [0.2, 0.25) is 5.02 Å². The van der Waals surface area contributed by atoms with E-state index in [-0.39, 0.29) is 5.75 Å². The van der Waals surface area contributed by atoms with Gasteiger partial charge >= 0.3 is 0 Å². The first-order valence-electron chi connectivity index (χ1n) is 5.57. The van der Waals surface area contributed by atoms with Crippen molar-refractivity contribution in [2.45, 2.75) is 6.04 Å². The molecule has 0 spiro atoms. The van der Waals surface area contributed by atoms with Gasteiger partial charge in [-0.3, -0.25) is 0 Å². The van der Waals surface area contributed by atoms with Crippen molar-refractivity contribution in [3.8, 4) is 5.75 Å². The molecule has 0 saturated heterocycles. The molecule has 2 rings (SSSR count). The molecular weight excluding hydrogens is 333 g/mol. The van der Waals surface area contributed by atoms with E-state index in [2.05, 4.69) is 15.9 Å². The summed E-state index contributed by atoms with van der Waals surface area (Å²) in [5, 5.41) is 0.592. The Morgan fingerprint density at radius 2 is 2.00 bits per heavy atom. The summed E-state index contributed by atoms with van der Waals surface area (Å²) in [6, 6.07) is 9.54. The molecule has 2 aromatic carbocycles. The van der Waals surface area contributed by atoms with Crippen LogP contribution in [0.1, 0.15) is 17.2 Å². The summed E-state index contributed by atoms with van der Waals surface area (Å²) < 4.78 is 19.9. The zero-order chi connectivity index (χ0) is 14.0. The monoisotopic (exact) mass is 343 g/mol. The molecule has 2 N–H and O–H groups in total. The van der Waals surface area contributed by atoms with Gasteiger partial charge in [0.15, 0.2) is 11.6 Å². The molecule has 0 amide bonds. The van der Waals surface area contributed by atoms with Gasteiger partial charge < -0.3 is 10.5 Å². The lowest BCUT2D eigenvalue weighted by Gasteiger charge is -2.16. The molecule has 0 radical (unpaired) electrons. The van der Waals surface area contributed by atoms with E-state index in [1.165, 1.54) is 7.11 Å². The number of nitrogens with two attached hydrogens (primary N) is 1. The Bertz CT molecular complexity index is 606. The molecule has 0 saturated carbocycles. The summed E-state index contributed by atoms with van der Waals surface area (Å²) in [5.74, 6) is -0.266. The van der Waals surface area contributed by atoms with Gasteiger partial charge in [0.25, 0.3) is 0 Å². The minimum absolute atomic E-state index is 0.179. The van der Waals surface area contributed by atoms with Crippen LogP contribution in [0.3, 0.4) is 0 Å². The van der Waals surface area contributed by atoms with E-state index in [0.717, 1.165) is 10.0 Å². The predicted molar refractivity (Wildman–Crippen MR) is 78.1 cm³/mol. The van der Waals surface area contributed by atoms with Gasteiger partial charge in [-0.05, 0) is 23.8 Å². The van der Waals surface area contributed by atoms with E-state index in [1.54, 1.807) is 36.4 Å². The molecule has 0 bridgehead atoms. The van der Waals surface area contributed by atoms with E-state index >= 15 is 0 Å².